The van der Waals surface area contributed by atoms with Crippen molar-refractivity contribution >= 4 is 38.0 Å². The molecule has 6 heteroatoms. The molecule has 2 aromatic heterocycles. The molecule has 1 amide bonds. The van der Waals surface area contributed by atoms with Crippen molar-refractivity contribution in [2.75, 3.05) is 26.2 Å². The number of thiophene rings is 2. The van der Waals surface area contributed by atoms with Crippen molar-refractivity contribution in [2.24, 2.45) is 0 Å². The third kappa shape index (κ3) is 2.82. The molecule has 0 N–H and O–H groups in total. The van der Waals surface area contributed by atoms with Crippen molar-refractivity contribution in [2.45, 2.75) is 19.4 Å². The molecule has 1 saturated heterocycles. The fraction of sp³-hybridized carbons (Fsp3) is 0.467. The number of nitrogens with zero attached hydrogens (tertiary/aromatic N) is 3. The van der Waals surface area contributed by atoms with E-state index in [0.29, 0.717) is 13.1 Å². The molecule has 0 aromatic carbocycles. The van der Waals surface area contributed by atoms with Crippen LogP contribution in [0.15, 0.2) is 17.5 Å². The summed E-state index contributed by atoms with van der Waals surface area (Å²) in [5, 5.41) is 11.2. The van der Waals surface area contributed by atoms with E-state index >= 15 is 0 Å². The highest BCUT2D eigenvalue weighted by Gasteiger charge is 2.26. The maximum absolute atomic E-state index is 12.5. The lowest BCUT2D eigenvalue weighted by molar-refractivity contribution is 0.0609. The summed E-state index contributed by atoms with van der Waals surface area (Å²) in [6.07, 6.45) is 0.839. The molecule has 3 heterocycles. The van der Waals surface area contributed by atoms with Crippen LogP contribution in [0.5, 0.6) is 0 Å². The Morgan fingerprint density at radius 2 is 2.14 bits per heavy atom. The summed E-state index contributed by atoms with van der Waals surface area (Å²) in [7, 11) is 0. The van der Waals surface area contributed by atoms with Gasteiger partial charge >= 0.3 is 0 Å². The van der Waals surface area contributed by atoms with Crippen LogP contribution in [0, 0.1) is 11.3 Å². The van der Waals surface area contributed by atoms with E-state index in [1.807, 2.05) is 17.9 Å². The molecule has 0 radical (unpaired) electrons. The maximum Gasteiger partial charge on any atom is 0.264 e. The second-order valence-corrected chi connectivity index (χ2v) is 7.17. The van der Waals surface area contributed by atoms with Crippen LogP contribution in [0.4, 0.5) is 0 Å². The van der Waals surface area contributed by atoms with Gasteiger partial charge < -0.3 is 4.90 Å². The number of carbonyl (C=O) groups is 1. The van der Waals surface area contributed by atoms with Gasteiger partial charge in [-0.15, -0.1) is 22.7 Å². The summed E-state index contributed by atoms with van der Waals surface area (Å²) in [5.41, 5.74) is 0. The molecule has 21 heavy (non-hydrogen) atoms. The number of carbonyl (C=O) groups excluding carboxylic acids is 1. The zero-order valence-corrected chi connectivity index (χ0v) is 13.5. The Kier molecular flexibility index (Phi) is 4.24. The van der Waals surface area contributed by atoms with E-state index in [9.17, 15) is 4.79 Å². The molecular weight excluding hydrogens is 302 g/mol. The van der Waals surface area contributed by atoms with Crippen molar-refractivity contribution in [3.63, 3.8) is 0 Å². The quantitative estimate of drug-likeness (QED) is 0.873. The van der Waals surface area contributed by atoms with Gasteiger partial charge in [-0.25, -0.2) is 0 Å². The van der Waals surface area contributed by atoms with Gasteiger partial charge in [0.25, 0.3) is 5.91 Å². The molecule has 1 atom stereocenters. The third-order valence-electron chi connectivity index (χ3n) is 3.93. The van der Waals surface area contributed by atoms with Gasteiger partial charge in [-0.05, 0) is 23.9 Å². The monoisotopic (exact) mass is 319 g/mol. The Morgan fingerprint density at radius 3 is 2.76 bits per heavy atom. The maximum atomic E-state index is 12.5. The van der Waals surface area contributed by atoms with Crippen LogP contribution in [-0.2, 0) is 0 Å². The van der Waals surface area contributed by atoms with Gasteiger partial charge in [0.1, 0.15) is 0 Å². The van der Waals surface area contributed by atoms with Gasteiger partial charge in [0.05, 0.1) is 17.0 Å². The number of amides is 1. The standard InChI is InChI=1S/C15H17N3OS2/c1-2-11(10-16)17-4-6-18(7-5-17)15(19)14-9-13-12(21-14)3-8-20-13/h3,8-9,11H,2,4-7H2,1H3. The molecule has 0 aliphatic carbocycles. The van der Waals surface area contributed by atoms with E-state index in [4.69, 9.17) is 5.26 Å². The SMILES string of the molecule is CCC(C#N)N1CCN(C(=O)c2cc3sccc3s2)CC1. The molecule has 3 rings (SSSR count). The molecule has 4 nitrogen and oxygen atoms in total. The highest BCUT2D eigenvalue weighted by Crippen LogP contribution is 2.30. The minimum atomic E-state index is -0.0191. The van der Waals surface area contributed by atoms with Crippen LogP contribution in [-0.4, -0.2) is 47.9 Å². The van der Waals surface area contributed by atoms with Crippen LogP contribution >= 0.6 is 22.7 Å². The lowest BCUT2D eigenvalue weighted by Gasteiger charge is -2.36. The third-order valence-corrected chi connectivity index (χ3v) is 6.01. The smallest absolute Gasteiger partial charge is 0.264 e. The largest absolute Gasteiger partial charge is 0.335 e. The zero-order valence-electron chi connectivity index (χ0n) is 11.9. The summed E-state index contributed by atoms with van der Waals surface area (Å²) in [4.78, 5) is 17.5. The van der Waals surface area contributed by atoms with Crippen LogP contribution in [0.25, 0.3) is 9.40 Å². The topological polar surface area (TPSA) is 47.3 Å². The Bertz CT molecular complexity index is 648. The number of hydrogen-bond donors (Lipinski definition) is 0. The molecule has 1 fully saturated rings. The first-order valence-electron chi connectivity index (χ1n) is 7.13. The second kappa shape index (κ2) is 6.14. The summed E-state index contributed by atoms with van der Waals surface area (Å²) >= 11 is 3.25. The number of hydrogen-bond acceptors (Lipinski definition) is 5. The Labute approximate surface area is 132 Å². The number of nitriles is 1. The number of fused-ring (bicyclic) bond motifs is 1. The van der Waals surface area contributed by atoms with Gasteiger partial charge in [0, 0.05) is 35.6 Å². The fourth-order valence-corrected chi connectivity index (χ4v) is 4.77. The molecule has 1 aliphatic heterocycles. The first-order valence-corrected chi connectivity index (χ1v) is 8.82. The molecule has 1 aliphatic rings. The second-order valence-electron chi connectivity index (χ2n) is 5.14. The van der Waals surface area contributed by atoms with E-state index < -0.39 is 0 Å². The lowest BCUT2D eigenvalue weighted by atomic mass is 10.2. The van der Waals surface area contributed by atoms with Gasteiger partial charge in [-0.3, -0.25) is 9.69 Å². The van der Waals surface area contributed by atoms with Crippen molar-refractivity contribution in [3.05, 3.63) is 22.4 Å². The van der Waals surface area contributed by atoms with Crippen LogP contribution in [0.2, 0.25) is 0 Å². The molecule has 110 valence electrons. The van der Waals surface area contributed by atoms with Crippen molar-refractivity contribution in [3.8, 4) is 6.07 Å². The van der Waals surface area contributed by atoms with Gasteiger partial charge in [-0.2, -0.15) is 5.26 Å². The Morgan fingerprint density at radius 1 is 1.38 bits per heavy atom. The van der Waals surface area contributed by atoms with Crippen LogP contribution in [0.3, 0.4) is 0 Å². The van der Waals surface area contributed by atoms with E-state index in [2.05, 4.69) is 22.4 Å². The molecule has 1 unspecified atom stereocenters. The van der Waals surface area contributed by atoms with Crippen molar-refractivity contribution in [1.82, 2.24) is 9.80 Å². The van der Waals surface area contributed by atoms with E-state index in [1.165, 1.54) is 9.40 Å². The first kappa shape index (κ1) is 14.5. The molecular formula is C15H17N3OS2. The fourth-order valence-electron chi connectivity index (χ4n) is 2.69. The normalized spacial score (nSPS) is 17.8. The Balaban J connectivity index is 1.65. The van der Waals surface area contributed by atoms with Crippen molar-refractivity contribution in [1.29, 1.82) is 5.26 Å². The number of rotatable bonds is 3. The zero-order chi connectivity index (χ0) is 14.8. The summed E-state index contributed by atoms with van der Waals surface area (Å²) < 4.78 is 2.38. The van der Waals surface area contributed by atoms with E-state index in [-0.39, 0.29) is 11.9 Å². The van der Waals surface area contributed by atoms with Gasteiger partial charge in [0.15, 0.2) is 0 Å². The summed E-state index contributed by atoms with van der Waals surface area (Å²) in [5.74, 6) is 0.132. The average molecular weight is 319 g/mol. The Hall–Kier alpha value is -1.42. The van der Waals surface area contributed by atoms with E-state index in [0.717, 1.165) is 24.4 Å². The summed E-state index contributed by atoms with van der Waals surface area (Å²) in [6, 6.07) is 6.39. The average Bonchev–Trinajstić information content (AvgIpc) is 3.10. The first-order chi connectivity index (χ1) is 10.2. The van der Waals surface area contributed by atoms with Crippen LogP contribution < -0.4 is 0 Å². The number of piperazine rings is 1. The highest BCUT2D eigenvalue weighted by atomic mass is 32.1. The lowest BCUT2D eigenvalue weighted by Crippen LogP contribution is -2.51. The van der Waals surface area contributed by atoms with Crippen LogP contribution in [0.1, 0.15) is 23.0 Å². The molecule has 0 spiro atoms. The van der Waals surface area contributed by atoms with E-state index in [1.54, 1.807) is 22.7 Å². The van der Waals surface area contributed by atoms with Gasteiger partial charge in [0.2, 0.25) is 0 Å². The summed E-state index contributed by atoms with van der Waals surface area (Å²) in [6.45, 7) is 5.03. The predicted molar refractivity (Wildman–Crippen MR) is 86.9 cm³/mol. The van der Waals surface area contributed by atoms with Gasteiger partial charge in [-0.1, -0.05) is 6.92 Å². The molecule has 0 bridgehead atoms. The predicted octanol–water partition coefficient (Wildman–Crippen LogP) is 3.02. The van der Waals surface area contributed by atoms with Crippen molar-refractivity contribution < 1.29 is 4.79 Å². The molecule has 2 aromatic rings. The molecule has 0 saturated carbocycles. The minimum absolute atomic E-state index is 0.0191. The highest BCUT2D eigenvalue weighted by molar-refractivity contribution is 7.27. The minimum Gasteiger partial charge on any atom is -0.335 e.